The summed E-state index contributed by atoms with van der Waals surface area (Å²) >= 11 is 5.98. The SMILES string of the molecule is COc1cccc(C(Cc2ccccc2)c2cc(N)nc(N)c2/N=N/c2ccc(Cl)cc2)c1. The van der Waals surface area contributed by atoms with Crippen LogP contribution in [-0.4, -0.2) is 12.1 Å². The Morgan fingerprint density at radius 1 is 0.909 bits per heavy atom. The van der Waals surface area contributed by atoms with Crippen LogP contribution in [0.5, 0.6) is 5.75 Å². The van der Waals surface area contributed by atoms with E-state index in [4.69, 9.17) is 27.8 Å². The molecule has 1 aromatic heterocycles. The third kappa shape index (κ3) is 5.48. The number of hydrogen-bond donors (Lipinski definition) is 2. The van der Waals surface area contributed by atoms with E-state index in [9.17, 15) is 0 Å². The van der Waals surface area contributed by atoms with Crippen LogP contribution in [0.15, 0.2) is 95.2 Å². The molecule has 0 amide bonds. The Hall–Kier alpha value is -3.90. The van der Waals surface area contributed by atoms with Crippen molar-refractivity contribution in [3.8, 4) is 5.75 Å². The van der Waals surface area contributed by atoms with Gasteiger partial charge in [0.05, 0.1) is 12.8 Å². The lowest BCUT2D eigenvalue weighted by atomic mass is 9.85. The minimum atomic E-state index is -0.103. The summed E-state index contributed by atoms with van der Waals surface area (Å²) < 4.78 is 5.47. The number of methoxy groups -OCH3 is 1. The second kappa shape index (κ2) is 10.1. The van der Waals surface area contributed by atoms with Crippen molar-refractivity contribution >= 4 is 34.6 Å². The number of nitrogens with zero attached hydrogens (tertiary/aromatic N) is 3. The summed E-state index contributed by atoms with van der Waals surface area (Å²) in [5.41, 5.74) is 16.6. The van der Waals surface area contributed by atoms with Crippen LogP contribution in [-0.2, 0) is 6.42 Å². The number of nitrogens with two attached hydrogens (primary N) is 2. The zero-order valence-electron chi connectivity index (χ0n) is 18.1. The van der Waals surface area contributed by atoms with Crippen LogP contribution in [0.4, 0.5) is 23.0 Å². The Kier molecular flexibility index (Phi) is 6.86. The summed E-state index contributed by atoms with van der Waals surface area (Å²) in [6, 6.07) is 27.1. The normalized spacial score (nSPS) is 12.1. The smallest absolute Gasteiger partial charge is 0.154 e. The first-order valence-electron chi connectivity index (χ1n) is 10.4. The average molecular weight is 458 g/mol. The zero-order valence-corrected chi connectivity index (χ0v) is 18.9. The van der Waals surface area contributed by atoms with Gasteiger partial charge >= 0.3 is 0 Å². The highest BCUT2D eigenvalue weighted by Crippen LogP contribution is 2.40. The second-order valence-electron chi connectivity index (χ2n) is 7.57. The molecule has 3 aromatic carbocycles. The minimum Gasteiger partial charge on any atom is -0.497 e. The highest BCUT2D eigenvalue weighted by molar-refractivity contribution is 6.30. The molecule has 0 bridgehead atoms. The Balaban J connectivity index is 1.84. The third-order valence-corrected chi connectivity index (χ3v) is 5.57. The predicted octanol–water partition coefficient (Wildman–Crippen LogP) is 6.70. The maximum absolute atomic E-state index is 6.29. The van der Waals surface area contributed by atoms with Crippen LogP contribution in [0.25, 0.3) is 0 Å². The monoisotopic (exact) mass is 457 g/mol. The number of ether oxygens (including phenoxy) is 1. The van der Waals surface area contributed by atoms with E-state index in [0.717, 1.165) is 16.9 Å². The number of benzene rings is 3. The van der Waals surface area contributed by atoms with E-state index in [1.165, 1.54) is 5.56 Å². The van der Waals surface area contributed by atoms with Gasteiger partial charge in [-0.15, -0.1) is 5.11 Å². The van der Waals surface area contributed by atoms with Gasteiger partial charge in [-0.1, -0.05) is 54.1 Å². The van der Waals surface area contributed by atoms with Gasteiger partial charge in [-0.25, -0.2) is 4.98 Å². The molecule has 33 heavy (non-hydrogen) atoms. The average Bonchev–Trinajstić information content (AvgIpc) is 2.83. The van der Waals surface area contributed by atoms with Crippen LogP contribution >= 0.6 is 11.6 Å². The van der Waals surface area contributed by atoms with Gasteiger partial charge in [0.2, 0.25) is 0 Å². The molecule has 0 aliphatic rings. The molecule has 4 rings (SSSR count). The fourth-order valence-electron chi connectivity index (χ4n) is 3.71. The number of rotatable bonds is 7. The zero-order chi connectivity index (χ0) is 23.2. The van der Waals surface area contributed by atoms with E-state index in [1.807, 2.05) is 42.5 Å². The molecule has 0 fully saturated rings. The summed E-state index contributed by atoms with van der Waals surface area (Å²) in [5.74, 6) is 1.22. The van der Waals surface area contributed by atoms with E-state index in [0.29, 0.717) is 28.6 Å². The lowest BCUT2D eigenvalue weighted by Gasteiger charge is -2.21. The van der Waals surface area contributed by atoms with Gasteiger partial charge in [-0.2, -0.15) is 5.11 Å². The van der Waals surface area contributed by atoms with Crippen molar-refractivity contribution < 1.29 is 4.74 Å². The van der Waals surface area contributed by atoms with Crippen LogP contribution < -0.4 is 16.2 Å². The first-order valence-corrected chi connectivity index (χ1v) is 10.8. The van der Waals surface area contributed by atoms with E-state index >= 15 is 0 Å². The maximum Gasteiger partial charge on any atom is 0.154 e. The Bertz CT molecular complexity index is 1260. The third-order valence-electron chi connectivity index (χ3n) is 5.32. The van der Waals surface area contributed by atoms with Crippen LogP contribution in [0.2, 0.25) is 5.02 Å². The molecule has 7 heteroatoms. The topological polar surface area (TPSA) is 98.9 Å². The fourth-order valence-corrected chi connectivity index (χ4v) is 3.83. The Morgan fingerprint density at radius 2 is 1.67 bits per heavy atom. The van der Waals surface area contributed by atoms with Gasteiger partial charge in [0.15, 0.2) is 5.82 Å². The standard InChI is InChI=1S/C26H24ClN5O/c1-33-21-9-5-8-18(15-21)22(14-17-6-3-2-4-7-17)23-16-24(28)30-26(29)25(23)32-31-20-12-10-19(27)11-13-20/h2-13,15-16,22H,14H2,1H3,(H4,28,29,30)/b32-31+. The molecule has 0 aliphatic heterocycles. The molecule has 0 spiro atoms. The quantitative estimate of drug-likeness (QED) is 0.301. The van der Waals surface area contributed by atoms with Crippen molar-refractivity contribution in [3.63, 3.8) is 0 Å². The van der Waals surface area contributed by atoms with Crippen molar-refractivity contribution in [1.29, 1.82) is 0 Å². The molecule has 4 N–H and O–H groups in total. The summed E-state index contributed by atoms with van der Waals surface area (Å²) in [5, 5.41) is 9.48. The molecule has 1 heterocycles. The Labute approximate surface area is 197 Å². The molecule has 1 unspecified atom stereocenters. The van der Waals surface area contributed by atoms with Crippen molar-refractivity contribution in [2.75, 3.05) is 18.6 Å². The van der Waals surface area contributed by atoms with E-state index in [2.05, 4.69) is 33.4 Å². The number of aromatic nitrogens is 1. The number of azo groups is 1. The minimum absolute atomic E-state index is 0.103. The molecular formula is C26H24ClN5O. The van der Waals surface area contributed by atoms with Crippen molar-refractivity contribution in [2.45, 2.75) is 12.3 Å². The highest BCUT2D eigenvalue weighted by Gasteiger charge is 2.22. The van der Waals surface area contributed by atoms with Crippen LogP contribution in [0.3, 0.4) is 0 Å². The van der Waals surface area contributed by atoms with Crippen molar-refractivity contribution in [2.24, 2.45) is 10.2 Å². The largest absolute Gasteiger partial charge is 0.497 e. The van der Waals surface area contributed by atoms with Gasteiger partial charge in [0, 0.05) is 10.9 Å². The summed E-state index contributed by atoms with van der Waals surface area (Å²) in [6.45, 7) is 0. The summed E-state index contributed by atoms with van der Waals surface area (Å²) in [7, 11) is 1.65. The number of hydrogen-bond acceptors (Lipinski definition) is 6. The number of nitrogen functional groups attached to an aromatic ring is 2. The van der Waals surface area contributed by atoms with Crippen LogP contribution in [0, 0.1) is 0 Å². The van der Waals surface area contributed by atoms with Crippen molar-refractivity contribution in [3.05, 3.63) is 107 Å². The molecular weight excluding hydrogens is 434 g/mol. The molecule has 0 radical (unpaired) electrons. The van der Waals surface area contributed by atoms with Gasteiger partial charge in [0.1, 0.15) is 17.3 Å². The molecule has 6 nitrogen and oxygen atoms in total. The number of anilines is 2. The van der Waals surface area contributed by atoms with Crippen LogP contribution in [0.1, 0.15) is 22.6 Å². The molecule has 166 valence electrons. The maximum atomic E-state index is 6.29. The fraction of sp³-hybridized carbons (Fsp3) is 0.115. The predicted molar refractivity (Wildman–Crippen MR) is 134 cm³/mol. The molecule has 0 aliphatic carbocycles. The number of pyridine rings is 1. The van der Waals surface area contributed by atoms with Gasteiger partial charge in [-0.05, 0) is 65.6 Å². The van der Waals surface area contributed by atoms with Gasteiger partial charge in [-0.3, -0.25) is 0 Å². The first kappa shape index (κ1) is 22.3. The number of halogens is 1. The lowest BCUT2D eigenvalue weighted by molar-refractivity contribution is 0.414. The second-order valence-corrected chi connectivity index (χ2v) is 8.00. The van der Waals surface area contributed by atoms with Gasteiger partial charge in [0.25, 0.3) is 0 Å². The summed E-state index contributed by atoms with van der Waals surface area (Å²) in [4.78, 5) is 4.23. The van der Waals surface area contributed by atoms with Crippen molar-refractivity contribution in [1.82, 2.24) is 4.98 Å². The molecule has 0 saturated heterocycles. The highest BCUT2D eigenvalue weighted by atomic mass is 35.5. The van der Waals surface area contributed by atoms with E-state index in [-0.39, 0.29) is 11.7 Å². The molecule has 4 aromatic rings. The molecule has 0 saturated carbocycles. The lowest BCUT2D eigenvalue weighted by Crippen LogP contribution is -2.09. The molecule has 1 atom stereocenters. The van der Waals surface area contributed by atoms with Gasteiger partial charge < -0.3 is 16.2 Å². The van der Waals surface area contributed by atoms with E-state index < -0.39 is 0 Å². The summed E-state index contributed by atoms with van der Waals surface area (Å²) in [6.07, 6.45) is 0.709. The first-order chi connectivity index (χ1) is 16.0. The Morgan fingerprint density at radius 3 is 2.39 bits per heavy atom. The van der Waals surface area contributed by atoms with E-state index in [1.54, 1.807) is 31.4 Å².